The monoisotopic (exact) mass is 318 g/mol. The molecule has 0 saturated carbocycles. The molecule has 0 aromatic heterocycles. The number of amides is 3. The minimum absolute atomic E-state index is 0.0526. The lowest BCUT2D eigenvalue weighted by molar-refractivity contribution is -0.137. The zero-order chi connectivity index (χ0) is 15.1. The largest absolute Gasteiger partial charge is 0.481 e. The smallest absolute Gasteiger partial charge is 0.325 e. The van der Waals surface area contributed by atoms with Crippen molar-refractivity contribution in [1.29, 1.82) is 0 Å². The summed E-state index contributed by atoms with van der Waals surface area (Å²) in [6.07, 6.45) is -0.0233. The van der Waals surface area contributed by atoms with Crippen molar-refractivity contribution in [3.05, 3.63) is 28.2 Å². The van der Waals surface area contributed by atoms with E-state index < -0.39 is 17.9 Å². The van der Waals surface area contributed by atoms with E-state index in [9.17, 15) is 14.4 Å². The Balaban J connectivity index is 2.45. The molecule has 0 bridgehead atoms. The van der Waals surface area contributed by atoms with Gasteiger partial charge in [0.25, 0.3) is 0 Å². The summed E-state index contributed by atoms with van der Waals surface area (Å²) < 4.78 is 0. The van der Waals surface area contributed by atoms with Crippen LogP contribution in [0.25, 0.3) is 0 Å². The number of carbonyl (C=O) groups excluding carboxylic acids is 2. The van der Waals surface area contributed by atoms with Crippen LogP contribution in [-0.4, -0.2) is 23.0 Å². The Morgan fingerprint density at radius 1 is 1.15 bits per heavy atom. The fourth-order valence-electron chi connectivity index (χ4n) is 1.34. The number of aliphatic carboxylic acids is 1. The third-order valence-corrected chi connectivity index (χ3v) is 2.79. The molecule has 1 aromatic carbocycles. The van der Waals surface area contributed by atoms with Gasteiger partial charge in [-0.15, -0.1) is 0 Å². The molecule has 0 aliphatic rings. The number of hydrogen-bond donors (Lipinski definition) is 3. The number of hydrogen-bond acceptors (Lipinski definition) is 3. The highest BCUT2D eigenvalue weighted by Gasteiger charge is 2.10. The fourth-order valence-corrected chi connectivity index (χ4v) is 1.67. The van der Waals surface area contributed by atoms with Crippen LogP contribution < -0.4 is 10.6 Å². The summed E-state index contributed by atoms with van der Waals surface area (Å²) in [7, 11) is 0. The lowest BCUT2D eigenvalue weighted by Crippen LogP contribution is -2.34. The van der Waals surface area contributed by atoms with Gasteiger partial charge in [-0.05, 0) is 24.6 Å². The van der Waals surface area contributed by atoms with Crippen LogP contribution in [0, 0.1) is 0 Å². The fraction of sp³-hybridized carbons (Fsp3) is 0.250. The molecule has 0 aliphatic heterocycles. The first-order chi connectivity index (χ1) is 9.38. The van der Waals surface area contributed by atoms with Gasteiger partial charge in [-0.3, -0.25) is 14.9 Å². The highest BCUT2D eigenvalue weighted by Crippen LogP contribution is 2.25. The van der Waals surface area contributed by atoms with Crippen LogP contribution in [0.3, 0.4) is 0 Å². The molecule has 3 amide bonds. The molecule has 0 radical (unpaired) electrons. The number of carboxylic acid groups (broad SMARTS) is 1. The van der Waals surface area contributed by atoms with Gasteiger partial charge in [0.05, 0.1) is 10.7 Å². The number of benzene rings is 1. The lowest BCUT2D eigenvalue weighted by atomic mass is 10.2. The number of carbonyl (C=O) groups is 3. The summed E-state index contributed by atoms with van der Waals surface area (Å²) >= 11 is 11.6. The molecule has 3 N–H and O–H groups in total. The molecule has 0 atom stereocenters. The van der Waals surface area contributed by atoms with Crippen LogP contribution in [0.4, 0.5) is 10.5 Å². The van der Waals surface area contributed by atoms with Gasteiger partial charge in [-0.2, -0.15) is 0 Å². The number of anilines is 1. The molecular formula is C12H12Cl2N2O4. The minimum atomic E-state index is -0.993. The van der Waals surface area contributed by atoms with Gasteiger partial charge in [-0.25, -0.2) is 4.79 Å². The number of carboxylic acids is 1. The average Bonchev–Trinajstić information content (AvgIpc) is 2.33. The van der Waals surface area contributed by atoms with E-state index >= 15 is 0 Å². The standard InChI is InChI=1S/C12H12Cl2N2O4/c13-7-4-5-8(14)9(6-7)15-12(20)16-10(17)2-1-3-11(18)19/h4-6H,1-3H2,(H,18,19)(H2,15,16,17,20). The normalized spacial score (nSPS) is 9.90. The summed E-state index contributed by atoms with van der Waals surface area (Å²) in [4.78, 5) is 33.2. The van der Waals surface area contributed by atoms with E-state index in [4.69, 9.17) is 28.3 Å². The summed E-state index contributed by atoms with van der Waals surface area (Å²) in [6.45, 7) is 0. The molecule has 0 heterocycles. The summed E-state index contributed by atoms with van der Waals surface area (Å²) in [5.74, 6) is -1.56. The Morgan fingerprint density at radius 3 is 2.50 bits per heavy atom. The van der Waals surface area contributed by atoms with Gasteiger partial charge in [-0.1, -0.05) is 23.2 Å². The Morgan fingerprint density at radius 2 is 1.85 bits per heavy atom. The van der Waals surface area contributed by atoms with Crippen molar-refractivity contribution < 1.29 is 19.5 Å². The summed E-state index contributed by atoms with van der Waals surface area (Å²) in [6, 6.07) is 3.76. The topological polar surface area (TPSA) is 95.5 Å². The molecule has 0 saturated heterocycles. The molecule has 108 valence electrons. The molecule has 8 heteroatoms. The molecule has 6 nitrogen and oxygen atoms in total. The van der Waals surface area contributed by atoms with E-state index in [-0.39, 0.29) is 30.0 Å². The molecule has 0 spiro atoms. The lowest BCUT2D eigenvalue weighted by Gasteiger charge is -2.08. The van der Waals surface area contributed by atoms with Gasteiger partial charge >= 0.3 is 12.0 Å². The van der Waals surface area contributed by atoms with E-state index in [1.54, 1.807) is 6.07 Å². The van der Waals surface area contributed by atoms with Gasteiger partial charge < -0.3 is 10.4 Å². The zero-order valence-corrected chi connectivity index (χ0v) is 11.8. The van der Waals surface area contributed by atoms with Crippen LogP contribution in [0.5, 0.6) is 0 Å². The van der Waals surface area contributed by atoms with Gasteiger partial charge in [0, 0.05) is 17.9 Å². The predicted octanol–water partition coefficient (Wildman–Crippen LogP) is 2.90. The van der Waals surface area contributed by atoms with Crippen LogP contribution in [0.1, 0.15) is 19.3 Å². The predicted molar refractivity (Wildman–Crippen MR) is 75.1 cm³/mol. The van der Waals surface area contributed by atoms with Gasteiger partial charge in [0.2, 0.25) is 5.91 Å². The van der Waals surface area contributed by atoms with Crippen LogP contribution in [0.2, 0.25) is 10.0 Å². The Hall–Kier alpha value is -1.79. The summed E-state index contributed by atoms with van der Waals surface area (Å²) in [5.41, 5.74) is 0.273. The first kappa shape index (κ1) is 16.3. The third kappa shape index (κ3) is 5.90. The van der Waals surface area contributed by atoms with Crippen molar-refractivity contribution in [2.24, 2.45) is 0 Å². The van der Waals surface area contributed by atoms with Crippen LogP contribution in [-0.2, 0) is 9.59 Å². The number of urea groups is 1. The Labute approximate surface area is 125 Å². The Bertz CT molecular complexity index is 534. The van der Waals surface area contributed by atoms with Crippen molar-refractivity contribution >= 4 is 46.8 Å². The molecule has 0 unspecified atom stereocenters. The van der Waals surface area contributed by atoms with E-state index in [2.05, 4.69) is 10.6 Å². The average molecular weight is 319 g/mol. The Kier molecular flexibility index (Phi) is 6.27. The van der Waals surface area contributed by atoms with Crippen molar-refractivity contribution in [3.63, 3.8) is 0 Å². The van der Waals surface area contributed by atoms with Gasteiger partial charge in [0.15, 0.2) is 0 Å². The number of imide groups is 1. The third-order valence-electron chi connectivity index (χ3n) is 2.22. The highest BCUT2D eigenvalue weighted by atomic mass is 35.5. The molecule has 0 aliphatic carbocycles. The zero-order valence-electron chi connectivity index (χ0n) is 10.3. The van der Waals surface area contributed by atoms with Crippen LogP contribution >= 0.6 is 23.2 Å². The minimum Gasteiger partial charge on any atom is -0.481 e. The molecule has 20 heavy (non-hydrogen) atoms. The number of halogens is 2. The second kappa shape index (κ2) is 7.72. The quantitative estimate of drug-likeness (QED) is 0.777. The van der Waals surface area contributed by atoms with Crippen LogP contribution in [0.15, 0.2) is 18.2 Å². The maximum absolute atomic E-state index is 11.5. The van der Waals surface area contributed by atoms with E-state index in [0.717, 1.165) is 0 Å². The molecule has 1 rings (SSSR count). The van der Waals surface area contributed by atoms with E-state index in [1.807, 2.05) is 0 Å². The molecule has 1 aromatic rings. The number of rotatable bonds is 5. The second-order valence-electron chi connectivity index (χ2n) is 3.87. The molecular weight excluding hydrogens is 307 g/mol. The summed E-state index contributed by atoms with van der Waals surface area (Å²) in [5, 5.41) is 13.5. The van der Waals surface area contributed by atoms with E-state index in [0.29, 0.717) is 5.02 Å². The number of nitrogens with one attached hydrogen (secondary N) is 2. The van der Waals surface area contributed by atoms with Crippen molar-refractivity contribution in [2.75, 3.05) is 5.32 Å². The van der Waals surface area contributed by atoms with Gasteiger partial charge in [0.1, 0.15) is 0 Å². The van der Waals surface area contributed by atoms with Crippen molar-refractivity contribution in [1.82, 2.24) is 5.32 Å². The van der Waals surface area contributed by atoms with Crippen molar-refractivity contribution in [2.45, 2.75) is 19.3 Å². The second-order valence-corrected chi connectivity index (χ2v) is 4.72. The maximum atomic E-state index is 11.5. The first-order valence-corrected chi connectivity index (χ1v) is 6.42. The SMILES string of the molecule is O=C(O)CCCC(=O)NC(=O)Nc1cc(Cl)ccc1Cl. The maximum Gasteiger partial charge on any atom is 0.325 e. The molecule has 0 fully saturated rings. The highest BCUT2D eigenvalue weighted by molar-refractivity contribution is 6.35. The van der Waals surface area contributed by atoms with E-state index in [1.165, 1.54) is 12.1 Å². The van der Waals surface area contributed by atoms with Crippen molar-refractivity contribution in [3.8, 4) is 0 Å². The first-order valence-electron chi connectivity index (χ1n) is 5.66.